The zero-order valence-electron chi connectivity index (χ0n) is 11.0. The second-order valence-electron chi connectivity index (χ2n) is 4.28. The molecule has 1 atom stereocenters. The molecule has 9 heteroatoms. The minimum absolute atomic E-state index is 0.0632. The molecule has 1 aliphatic heterocycles. The molecule has 1 amide bonds. The van der Waals surface area contributed by atoms with Crippen LogP contribution < -0.4 is 0 Å². The largest absolute Gasteiger partial charge is 0.448 e. The highest BCUT2D eigenvalue weighted by Crippen LogP contribution is 2.41. The number of amides is 1. The molecule has 0 aliphatic carbocycles. The summed E-state index contributed by atoms with van der Waals surface area (Å²) in [4.78, 5) is 15.3. The number of ether oxygens (including phenoxy) is 1. The molecule has 0 spiro atoms. The summed E-state index contributed by atoms with van der Waals surface area (Å²) in [6.45, 7) is 1.30. The van der Waals surface area contributed by atoms with E-state index < -0.39 is 24.4 Å². The number of alkyl halides is 3. The van der Waals surface area contributed by atoms with Gasteiger partial charge in [0.05, 0.1) is 18.7 Å². The third-order valence-electron chi connectivity index (χ3n) is 2.89. The standard InChI is InChI=1S/C12H12F3N3O3/c1-2-21-10(19)18-11(20,12(13,14)15)7-9(17-18)8-3-5-16-6-4-8/h3-6,20H,2,7H2,1H3/t11-/m1/s1. The second-order valence-corrected chi connectivity index (χ2v) is 4.28. The van der Waals surface area contributed by atoms with Crippen molar-refractivity contribution in [3.8, 4) is 0 Å². The number of aliphatic hydroxyl groups is 1. The predicted molar refractivity (Wildman–Crippen MR) is 65.3 cm³/mol. The highest BCUT2D eigenvalue weighted by atomic mass is 19.4. The second kappa shape index (κ2) is 5.32. The molecule has 1 aromatic heterocycles. The molecule has 0 saturated carbocycles. The molecule has 1 aromatic rings. The molecular weight excluding hydrogens is 291 g/mol. The lowest BCUT2D eigenvalue weighted by Crippen LogP contribution is -2.56. The van der Waals surface area contributed by atoms with Crippen LogP contribution in [0.5, 0.6) is 0 Å². The van der Waals surface area contributed by atoms with Gasteiger partial charge in [0.1, 0.15) is 0 Å². The monoisotopic (exact) mass is 303 g/mol. The molecule has 2 heterocycles. The molecule has 0 bridgehead atoms. The predicted octanol–water partition coefficient (Wildman–Crippen LogP) is 1.90. The lowest BCUT2D eigenvalue weighted by molar-refractivity contribution is -0.299. The molecule has 1 aliphatic rings. The Morgan fingerprint density at radius 2 is 2.10 bits per heavy atom. The molecule has 0 radical (unpaired) electrons. The van der Waals surface area contributed by atoms with E-state index in [-0.39, 0.29) is 17.3 Å². The van der Waals surface area contributed by atoms with Gasteiger partial charge >= 0.3 is 12.3 Å². The van der Waals surface area contributed by atoms with Crippen LogP contribution in [0.2, 0.25) is 0 Å². The Hall–Kier alpha value is -2.16. The summed E-state index contributed by atoms with van der Waals surface area (Å²) in [5.74, 6) is 0. The van der Waals surface area contributed by atoms with E-state index in [9.17, 15) is 23.1 Å². The van der Waals surface area contributed by atoms with Gasteiger partial charge in [0, 0.05) is 18.0 Å². The number of carbonyl (C=O) groups is 1. The number of aromatic nitrogens is 1. The summed E-state index contributed by atoms with van der Waals surface area (Å²) in [5.41, 5.74) is -3.16. The summed E-state index contributed by atoms with van der Waals surface area (Å²) in [7, 11) is 0. The maximum absolute atomic E-state index is 13.1. The lowest BCUT2D eigenvalue weighted by Gasteiger charge is -2.31. The third kappa shape index (κ3) is 2.68. The minimum atomic E-state index is -5.07. The summed E-state index contributed by atoms with van der Waals surface area (Å²) >= 11 is 0. The number of pyridine rings is 1. The van der Waals surface area contributed by atoms with Gasteiger partial charge in [0.2, 0.25) is 0 Å². The van der Waals surface area contributed by atoms with E-state index in [2.05, 4.69) is 14.8 Å². The molecule has 0 saturated heterocycles. The fourth-order valence-corrected chi connectivity index (χ4v) is 1.85. The Bertz CT molecular complexity index is 562. The van der Waals surface area contributed by atoms with Gasteiger partial charge in [-0.05, 0) is 19.1 Å². The quantitative estimate of drug-likeness (QED) is 0.905. The molecule has 114 valence electrons. The zero-order valence-corrected chi connectivity index (χ0v) is 11.0. The van der Waals surface area contributed by atoms with Crippen molar-refractivity contribution in [3.63, 3.8) is 0 Å². The van der Waals surface area contributed by atoms with E-state index in [0.29, 0.717) is 5.56 Å². The number of carbonyl (C=O) groups excluding carboxylic acids is 1. The third-order valence-corrected chi connectivity index (χ3v) is 2.89. The van der Waals surface area contributed by atoms with Crippen molar-refractivity contribution in [3.05, 3.63) is 30.1 Å². The Morgan fingerprint density at radius 1 is 1.48 bits per heavy atom. The van der Waals surface area contributed by atoms with Crippen molar-refractivity contribution >= 4 is 11.8 Å². The first kappa shape index (κ1) is 15.2. The van der Waals surface area contributed by atoms with Crippen molar-refractivity contribution in [1.29, 1.82) is 0 Å². The average molecular weight is 303 g/mol. The van der Waals surface area contributed by atoms with Crippen molar-refractivity contribution in [2.45, 2.75) is 25.2 Å². The first-order valence-electron chi connectivity index (χ1n) is 6.03. The Labute approximate surface area is 117 Å². The van der Waals surface area contributed by atoms with E-state index in [1.807, 2.05) is 0 Å². The van der Waals surface area contributed by atoms with Gasteiger partial charge in [0.15, 0.2) is 0 Å². The van der Waals surface area contributed by atoms with Crippen LogP contribution in [0.1, 0.15) is 18.9 Å². The molecule has 1 N–H and O–H groups in total. The average Bonchev–Trinajstić information content (AvgIpc) is 2.79. The first-order chi connectivity index (χ1) is 9.79. The molecule has 0 fully saturated rings. The molecule has 0 aromatic carbocycles. The number of halogens is 3. The number of rotatable bonds is 2. The first-order valence-corrected chi connectivity index (χ1v) is 6.03. The van der Waals surface area contributed by atoms with Gasteiger partial charge in [0.25, 0.3) is 5.72 Å². The van der Waals surface area contributed by atoms with E-state index >= 15 is 0 Å². The zero-order chi connectivity index (χ0) is 15.7. The van der Waals surface area contributed by atoms with Crippen LogP contribution >= 0.6 is 0 Å². The summed E-state index contributed by atoms with van der Waals surface area (Å²) in [5, 5.41) is 13.4. The van der Waals surface area contributed by atoms with E-state index in [0.717, 1.165) is 0 Å². The Morgan fingerprint density at radius 3 is 2.62 bits per heavy atom. The number of nitrogens with zero attached hydrogens (tertiary/aromatic N) is 3. The van der Waals surface area contributed by atoms with E-state index in [1.54, 1.807) is 0 Å². The molecule has 21 heavy (non-hydrogen) atoms. The Balaban J connectivity index is 2.40. The van der Waals surface area contributed by atoms with Gasteiger partial charge in [-0.25, -0.2) is 4.79 Å². The highest BCUT2D eigenvalue weighted by Gasteiger charge is 2.64. The maximum atomic E-state index is 13.1. The normalized spacial score (nSPS) is 22.1. The van der Waals surface area contributed by atoms with Crippen LogP contribution in [-0.2, 0) is 4.74 Å². The van der Waals surface area contributed by atoms with Crippen LogP contribution in [0.3, 0.4) is 0 Å². The molecule has 2 rings (SSSR count). The maximum Gasteiger partial charge on any atom is 0.439 e. The van der Waals surface area contributed by atoms with Crippen molar-refractivity contribution < 1.29 is 27.8 Å². The van der Waals surface area contributed by atoms with Gasteiger partial charge in [-0.2, -0.15) is 23.3 Å². The Kier molecular flexibility index (Phi) is 3.86. The van der Waals surface area contributed by atoms with Crippen LogP contribution in [0.4, 0.5) is 18.0 Å². The fourth-order valence-electron chi connectivity index (χ4n) is 1.85. The summed E-state index contributed by atoms with van der Waals surface area (Å²) in [6, 6.07) is 2.87. The molecule has 0 unspecified atom stereocenters. The van der Waals surface area contributed by atoms with Gasteiger partial charge < -0.3 is 9.84 Å². The van der Waals surface area contributed by atoms with E-state index in [4.69, 9.17) is 0 Å². The SMILES string of the molecule is CCOC(=O)N1N=C(c2ccncc2)C[C@@]1(O)C(F)(F)F. The summed E-state index contributed by atoms with van der Waals surface area (Å²) in [6.07, 6.45) is -4.56. The van der Waals surface area contributed by atoms with Gasteiger partial charge in [-0.1, -0.05) is 0 Å². The van der Waals surface area contributed by atoms with Gasteiger partial charge in [-0.15, -0.1) is 0 Å². The number of hydrogen-bond acceptors (Lipinski definition) is 5. The summed E-state index contributed by atoms with van der Waals surface area (Å²) < 4.78 is 43.8. The van der Waals surface area contributed by atoms with Crippen LogP contribution in [0, 0.1) is 0 Å². The highest BCUT2D eigenvalue weighted by molar-refractivity contribution is 6.03. The van der Waals surface area contributed by atoms with Gasteiger partial charge in [-0.3, -0.25) is 4.98 Å². The van der Waals surface area contributed by atoms with Crippen LogP contribution in [-0.4, -0.2) is 45.4 Å². The number of hydrogen-bond donors (Lipinski definition) is 1. The van der Waals surface area contributed by atoms with Crippen molar-refractivity contribution in [2.75, 3.05) is 6.61 Å². The topological polar surface area (TPSA) is 75.0 Å². The van der Waals surface area contributed by atoms with Crippen LogP contribution in [0.25, 0.3) is 0 Å². The lowest BCUT2D eigenvalue weighted by atomic mass is 10.0. The van der Waals surface area contributed by atoms with Crippen LogP contribution in [0.15, 0.2) is 29.6 Å². The number of hydrazone groups is 1. The smallest absolute Gasteiger partial charge is 0.439 e. The molecule has 6 nitrogen and oxygen atoms in total. The fraction of sp³-hybridized carbons (Fsp3) is 0.417. The van der Waals surface area contributed by atoms with E-state index in [1.165, 1.54) is 31.5 Å². The van der Waals surface area contributed by atoms with Crippen molar-refractivity contribution in [2.24, 2.45) is 5.10 Å². The molecular formula is C12H12F3N3O3. The van der Waals surface area contributed by atoms with Crippen molar-refractivity contribution in [1.82, 2.24) is 9.99 Å². The minimum Gasteiger partial charge on any atom is -0.448 e.